The first-order chi connectivity index (χ1) is 15.6. The molecule has 5 heterocycles. The summed E-state index contributed by atoms with van der Waals surface area (Å²) in [4.78, 5) is 26.8. The van der Waals surface area contributed by atoms with Crippen molar-refractivity contribution in [3.63, 3.8) is 0 Å². The molecule has 3 saturated heterocycles. The number of hydrogen-bond donors (Lipinski definition) is 0. The Morgan fingerprint density at radius 2 is 1.88 bits per heavy atom. The van der Waals surface area contributed by atoms with Crippen molar-refractivity contribution in [2.45, 2.75) is 64.4 Å². The highest BCUT2D eigenvalue weighted by Gasteiger charge is 2.33. The van der Waals surface area contributed by atoms with Gasteiger partial charge in [0.05, 0.1) is 17.0 Å². The number of rotatable bonds is 4. The number of carbonyl (C=O) groups excluding carboxylic acids is 1. The van der Waals surface area contributed by atoms with Crippen molar-refractivity contribution in [3.8, 4) is 11.3 Å². The van der Waals surface area contributed by atoms with Crippen LogP contribution in [0.15, 0.2) is 16.8 Å². The first-order valence-electron chi connectivity index (χ1n) is 12.0. The maximum absolute atomic E-state index is 12.8. The van der Waals surface area contributed by atoms with Gasteiger partial charge in [0.25, 0.3) is 5.91 Å². The molecule has 0 bridgehead atoms. The minimum Gasteiger partial charge on any atom is -0.368 e. The summed E-state index contributed by atoms with van der Waals surface area (Å²) in [5.41, 5.74) is 2.79. The van der Waals surface area contributed by atoms with E-state index in [1.165, 1.54) is 12.8 Å². The Bertz CT molecular complexity index is 939. The summed E-state index contributed by atoms with van der Waals surface area (Å²) in [5, 5.41) is 4.07. The molecule has 8 heteroatoms. The Morgan fingerprint density at radius 1 is 1.09 bits per heavy atom. The minimum atomic E-state index is -0.244. The molecule has 0 saturated carbocycles. The van der Waals surface area contributed by atoms with Gasteiger partial charge in [-0.3, -0.25) is 4.79 Å². The van der Waals surface area contributed by atoms with E-state index >= 15 is 0 Å². The summed E-state index contributed by atoms with van der Waals surface area (Å²) in [7, 11) is 0. The number of amides is 1. The van der Waals surface area contributed by atoms with Crippen LogP contribution in [0, 0.1) is 12.8 Å². The second-order valence-corrected chi connectivity index (χ2v) is 9.57. The number of ether oxygens (including phenoxy) is 1. The zero-order valence-electron chi connectivity index (χ0n) is 19.1. The van der Waals surface area contributed by atoms with Crippen molar-refractivity contribution < 1.29 is 14.1 Å². The molecule has 2 aromatic rings. The topological polar surface area (TPSA) is 84.6 Å². The number of hydrogen-bond acceptors (Lipinski definition) is 7. The Labute approximate surface area is 189 Å². The van der Waals surface area contributed by atoms with Crippen molar-refractivity contribution in [2.75, 3.05) is 37.7 Å². The lowest BCUT2D eigenvalue weighted by Crippen LogP contribution is -2.43. The van der Waals surface area contributed by atoms with Gasteiger partial charge >= 0.3 is 0 Å². The first-order valence-corrected chi connectivity index (χ1v) is 12.0. The van der Waals surface area contributed by atoms with Crippen molar-refractivity contribution in [1.82, 2.24) is 20.0 Å². The summed E-state index contributed by atoms with van der Waals surface area (Å²) in [6, 6.07) is 1.94. The van der Waals surface area contributed by atoms with Gasteiger partial charge in [0.15, 0.2) is 5.76 Å². The number of likely N-dealkylation sites (tertiary alicyclic amines) is 1. The second kappa shape index (κ2) is 9.17. The van der Waals surface area contributed by atoms with Gasteiger partial charge in [-0.15, -0.1) is 0 Å². The number of carbonyl (C=O) groups is 1. The van der Waals surface area contributed by atoms with E-state index in [9.17, 15) is 4.79 Å². The molecule has 1 atom stereocenters. The molecule has 0 N–H and O–H groups in total. The van der Waals surface area contributed by atoms with Gasteiger partial charge in [0.2, 0.25) is 5.95 Å². The number of anilines is 1. The highest BCUT2D eigenvalue weighted by atomic mass is 16.5. The smallest absolute Gasteiger partial charge is 0.251 e. The molecule has 3 fully saturated rings. The van der Waals surface area contributed by atoms with E-state index in [2.05, 4.69) is 17.0 Å². The third-order valence-electron chi connectivity index (χ3n) is 7.16. The number of aromatic nitrogens is 3. The molecule has 1 unspecified atom stereocenters. The van der Waals surface area contributed by atoms with Crippen LogP contribution in [0.1, 0.15) is 62.8 Å². The summed E-state index contributed by atoms with van der Waals surface area (Å²) in [6.45, 7) is 8.39. The van der Waals surface area contributed by atoms with E-state index in [0.29, 0.717) is 12.4 Å². The lowest BCUT2D eigenvalue weighted by atomic mass is 9.90. The van der Waals surface area contributed by atoms with Gasteiger partial charge < -0.3 is 19.1 Å². The van der Waals surface area contributed by atoms with E-state index < -0.39 is 0 Å². The molecule has 172 valence electrons. The average Bonchev–Trinajstić information content (AvgIpc) is 3.51. The first kappa shape index (κ1) is 21.4. The largest absolute Gasteiger partial charge is 0.368 e. The predicted molar refractivity (Wildman–Crippen MR) is 120 cm³/mol. The van der Waals surface area contributed by atoms with E-state index in [4.69, 9.17) is 19.2 Å². The fraction of sp³-hybridized carbons (Fsp3) is 0.667. The molecule has 32 heavy (non-hydrogen) atoms. The molecule has 3 aliphatic heterocycles. The molecule has 1 amide bonds. The van der Waals surface area contributed by atoms with Crippen LogP contribution in [-0.4, -0.2) is 64.8 Å². The molecule has 3 aliphatic rings. The molecular formula is C24H33N5O3. The zero-order valence-corrected chi connectivity index (χ0v) is 19.1. The number of aryl methyl sites for hydroxylation is 1. The van der Waals surface area contributed by atoms with E-state index in [0.717, 1.165) is 80.7 Å². The van der Waals surface area contributed by atoms with Gasteiger partial charge in [-0.1, -0.05) is 12.1 Å². The Kier molecular flexibility index (Phi) is 6.13. The van der Waals surface area contributed by atoms with Crippen LogP contribution in [0.25, 0.3) is 11.3 Å². The summed E-state index contributed by atoms with van der Waals surface area (Å²) in [5.74, 6) is 2.69. The highest BCUT2D eigenvalue weighted by Crippen LogP contribution is 2.36. The zero-order chi connectivity index (χ0) is 22.1. The van der Waals surface area contributed by atoms with Crippen LogP contribution >= 0.6 is 0 Å². The predicted octanol–water partition coefficient (Wildman–Crippen LogP) is 3.56. The molecule has 5 rings (SSSR count). The average molecular weight is 440 g/mol. The van der Waals surface area contributed by atoms with Crippen molar-refractivity contribution in [1.29, 1.82) is 0 Å². The van der Waals surface area contributed by atoms with Crippen molar-refractivity contribution >= 4 is 11.9 Å². The van der Waals surface area contributed by atoms with Crippen LogP contribution < -0.4 is 4.90 Å². The quantitative estimate of drug-likeness (QED) is 0.720. The Balaban J connectivity index is 1.37. The molecule has 0 aromatic carbocycles. The third-order valence-corrected chi connectivity index (χ3v) is 7.16. The molecule has 8 nitrogen and oxygen atoms in total. The molecule has 2 aromatic heterocycles. The third kappa shape index (κ3) is 4.37. The van der Waals surface area contributed by atoms with Gasteiger partial charge in [-0.25, -0.2) is 9.97 Å². The number of piperidine rings is 2. The normalized spacial score (nSPS) is 23.1. The van der Waals surface area contributed by atoms with Crippen molar-refractivity contribution in [3.05, 3.63) is 23.7 Å². The second-order valence-electron chi connectivity index (χ2n) is 9.57. The SMILES string of the molecule is Cc1cc(-c2cnc(N3CCC(C)CC3)nc2C2CCN(C(=O)C3CCCO3)CC2)on1. The maximum Gasteiger partial charge on any atom is 0.251 e. The monoisotopic (exact) mass is 439 g/mol. The van der Waals surface area contributed by atoms with Crippen LogP contribution in [0.4, 0.5) is 5.95 Å². The molecular weight excluding hydrogens is 406 g/mol. The summed E-state index contributed by atoms with van der Waals surface area (Å²) in [6.07, 6.45) is 7.59. The van der Waals surface area contributed by atoms with Crippen LogP contribution in [0.5, 0.6) is 0 Å². The highest BCUT2D eigenvalue weighted by molar-refractivity contribution is 5.81. The standard InChI is InChI=1S/C24H33N5O3/c1-16-5-9-29(10-6-16)24-25-15-19(21-14-17(2)27-32-21)22(26-24)18-7-11-28(12-8-18)23(30)20-4-3-13-31-20/h14-16,18,20H,3-13H2,1-2H3. The molecule has 0 aliphatic carbocycles. The van der Waals surface area contributed by atoms with E-state index in [1.807, 2.05) is 24.1 Å². The van der Waals surface area contributed by atoms with Gasteiger partial charge in [0, 0.05) is 51.0 Å². The van der Waals surface area contributed by atoms with Crippen LogP contribution in [-0.2, 0) is 9.53 Å². The van der Waals surface area contributed by atoms with Gasteiger partial charge in [-0.05, 0) is 51.4 Å². The van der Waals surface area contributed by atoms with Crippen LogP contribution in [0.2, 0.25) is 0 Å². The summed E-state index contributed by atoms with van der Waals surface area (Å²) < 4.78 is 11.2. The lowest BCUT2D eigenvalue weighted by Gasteiger charge is -2.34. The summed E-state index contributed by atoms with van der Waals surface area (Å²) >= 11 is 0. The fourth-order valence-electron chi connectivity index (χ4n) is 5.09. The Hall–Kier alpha value is -2.48. The minimum absolute atomic E-state index is 0.151. The molecule has 0 radical (unpaired) electrons. The fourth-order valence-corrected chi connectivity index (χ4v) is 5.09. The number of nitrogens with zero attached hydrogens (tertiary/aromatic N) is 5. The van der Waals surface area contributed by atoms with Gasteiger partial charge in [0.1, 0.15) is 6.10 Å². The van der Waals surface area contributed by atoms with E-state index in [1.54, 1.807) is 0 Å². The van der Waals surface area contributed by atoms with Crippen LogP contribution in [0.3, 0.4) is 0 Å². The van der Waals surface area contributed by atoms with Gasteiger partial charge in [-0.2, -0.15) is 0 Å². The van der Waals surface area contributed by atoms with Crippen molar-refractivity contribution in [2.24, 2.45) is 5.92 Å². The lowest BCUT2D eigenvalue weighted by molar-refractivity contribution is -0.142. The maximum atomic E-state index is 12.8. The van der Waals surface area contributed by atoms with E-state index in [-0.39, 0.29) is 17.9 Å². The molecule has 0 spiro atoms. The Morgan fingerprint density at radius 3 is 2.53 bits per heavy atom.